The van der Waals surface area contributed by atoms with Gasteiger partial charge in [0.1, 0.15) is 12.4 Å². The standard InChI is InChI=1S/C14H21N3O.2BrH/c1-17(12-4-2-3-5-12)13-7-6-11-10-15-8-9-18-14(11)16-13;;/h6-7,12,15H,2-5,8-10H2,1H3;2*1H. The van der Waals surface area contributed by atoms with Gasteiger partial charge in [-0.3, -0.25) is 0 Å². The van der Waals surface area contributed by atoms with Crippen LogP contribution in [0.4, 0.5) is 5.82 Å². The van der Waals surface area contributed by atoms with Gasteiger partial charge in [-0.1, -0.05) is 12.8 Å². The molecule has 0 saturated heterocycles. The van der Waals surface area contributed by atoms with Gasteiger partial charge in [-0.25, -0.2) is 0 Å². The summed E-state index contributed by atoms with van der Waals surface area (Å²) in [6.45, 7) is 2.45. The third-order valence-electron chi connectivity index (χ3n) is 3.99. The molecular formula is C14H23Br2N3O. The van der Waals surface area contributed by atoms with Gasteiger partial charge in [0.2, 0.25) is 5.88 Å². The number of pyridine rings is 1. The molecule has 0 atom stereocenters. The zero-order valence-corrected chi connectivity index (χ0v) is 15.2. The van der Waals surface area contributed by atoms with Crippen LogP contribution in [0, 0.1) is 0 Å². The van der Waals surface area contributed by atoms with E-state index in [1.54, 1.807) is 0 Å². The highest BCUT2D eigenvalue weighted by molar-refractivity contribution is 8.93. The Hall–Kier alpha value is -0.330. The van der Waals surface area contributed by atoms with Crippen molar-refractivity contribution < 1.29 is 4.74 Å². The molecule has 6 heteroatoms. The molecule has 1 aromatic heterocycles. The Labute approximate surface area is 141 Å². The molecule has 1 aliphatic carbocycles. The van der Waals surface area contributed by atoms with Crippen LogP contribution in [0.3, 0.4) is 0 Å². The number of nitrogens with one attached hydrogen (secondary N) is 1. The van der Waals surface area contributed by atoms with Gasteiger partial charge >= 0.3 is 0 Å². The summed E-state index contributed by atoms with van der Waals surface area (Å²) >= 11 is 0. The van der Waals surface area contributed by atoms with Gasteiger partial charge in [0, 0.05) is 31.7 Å². The molecule has 4 nitrogen and oxygen atoms in total. The fraction of sp³-hybridized carbons (Fsp3) is 0.643. The third-order valence-corrected chi connectivity index (χ3v) is 3.99. The van der Waals surface area contributed by atoms with Crippen molar-refractivity contribution in [2.24, 2.45) is 0 Å². The van der Waals surface area contributed by atoms with Crippen LogP contribution < -0.4 is 15.0 Å². The van der Waals surface area contributed by atoms with Crippen LogP contribution in [0.25, 0.3) is 0 Å². The molecule has 2 heterocycles. The van der Waals surface area contributed by atoms with Crippen LogP contribution in [-0.2, 0) is 6.54 Å². The summed E-state index contributed by atoms with van der Waals surface area (Å²) in [5, 5.41) is 3.33. The molecule has 114 valence electrons. The monoisotopic (exact) mass is 407 g/mol. The predicted molar refractivity (Wildman–Crippen MR) is 92.7 cm³/mol. The second-order valence-corrected chi connectivity index (χ2v) is 5.21. The van der Waals surface area contributed by atoms with E-state index >= 15 is 0 Å². The lowest BCUT2D eigenvalue weighted by molar-refractivity contribution is 0.314. The van der Waals surface area contributed by atoms with Crippen LogP contribution in [0.1, 0.15) is 31.2 Å². The van der Waals surface area contributed by atoms with E-state index in [1.165, 1.54) is 25.7 Å². The molecule has 20 heavy (non-hydrogen) atoms. The van der Waals surface area contributed by atoms with Gasteiger partial charge in [0.05, 0.1) is 0 Å². The highest BCUT2D eigenvalue weighted by Gasteiger charge is 2.21. The SMILES string of the molecule is Br.Br.CN(c1ccc2c(n1)OCCNC2)C1CCCC1. The first-order valence-electron chi connectivity index (χ1n) is 6.91. The van der Waals surface area contributed by atoms with Crippen molar-refractivity contribution in [2.75, 3.05) is 25.1 Å². The van der Waals surface area contributed by atoms with Gasteiger partial charge < -0.3 is 15.0 Å². The number of nitrogens with zero attached hydrogens (tertiary/aromatic N) is 2. The molecule has 0 spiro atoms. The predicted octanol–water partition coefficient (Wildman–Crippen LogP) is 3.10. The third kappa shape index (κ3) is 3.86. The first kappa shape index (κ1) is 17.7. The van der Waals surface area contributed by atoms with Crippen LogP contribution in [0.5, 0.6) is 5.88 Å². The zero-order chi connectivity index (χ0) is 12.4. The Morgan fingerprint density at radius 2 is 2.00 bits per heavy atom. The number of hydrogen-bond acceptors (Lipinski definition) is 4. The van der Waals surface area contributed by atoms with Gasteiger partial charge in [-0.2, -0.15) is 4.98 Å². The molecule has 3 rings (SSSR count). The van der Waals surface area contributed by atoms with E-state index in [9.17, 15) is 0 Å². The summed E-state index contributed by atoms with van der Waals surface area (Å²) in [5.41, 5.74) is 1.16. The Morgan fingerprint density at radius 3 is 2.75 bits per heavy atom. The van der Waals surface area contributed by atoms with E-state index in [0.29, 0.717) is 12.6 Å². The Balaban J connectivity index is 0.000001000. The average molecular weight is 409 g/mol. The quantitative estimate of drug-likeness (QED) is 0.815. The lowest BCUT2D eigenvalue weighted by Gasteiger charge is -2.25. The summed E-state index contributed by atoms with van der Waals surface area (Å²) in [6.07, 6.45) is 5.27. The summed E-state index contributed by atoms with van der Waals surface area (Å²) in [7, 11) is 2.15. The number of aromatic nitrogens is 1. The zero-order valence-electron chi connectivity index (χ0n) is 11.8. The Bertz CT molecular complexity index is 425. The van der Waals surface area contributed by atoms with E-state index in [1.807, 2.05) is 0 Å². The van der Waals surface area contributed by atoms with Gasteiger partial charge in [0.25, 0.3) is 0 Å². The minimum Gasteiger partial charge on any atom is -0.476 e. The summed E-state index contributed by atoms with van der Waals surface area (Å²) in [6, 6.07) is 4.91. The molecule has 0 amide bonds. The van der Waals surface area contributed by atoms with E-state index in [2.05, 4.69) is 34.4 Å². The van der Waals surface area contributed by atoms with Gasteiger partial charge in [0.15, 0.2) is 0 Å². The molecule has 0 bridgehead atoms. The number of anilines is 1. The van der Waals surface area contributed by atoms with Gasteiger partial charge in [-0.15, -0.1) is 34.0 Å². The summed E-state index contributed by atoms with van der Waals surface area (Å²) in [5.74, 6) is 1.85. The molecule has 1 aromatic rings. The van der Waals surface area contributed by atoms with Crippen LogP contribution in [-0.4, -0.2) is 31.2 Å². The molecule has 0 radical (unpaired) electrons. The molecule has 1 N–H and O–H groups in total. The number of fused-ring (bicyclic) bond motifs is 1. The van der Waals surface area contributed by atoms with E-state index < -0.39 is 0 Å². The average Bonchev–Trinajstić information content (AvgIpc) is 2.83. The van der Waals surface area contributed by atoms with Crippen molar-refractivity contribution in [1.82, 2.24) is 10.3 Å². The van der Waals surface area contributed by atoms with Crippen LogP contribution in [0.15, 0.2) is 12.1 Å². The number of halogens is 2. The molecule has 1 aliphatic heterocycles. The molecule has 1 saturated carbocycles. The fourth-order valence-electron chi connectivity index (χ4n) is 2.84. The highest BCUT2D eigenvalue weighted by atomic mass is 79.9. The topological polar surface area (TPSA) is 37.4 Å². The first-order valence-corrected chi connectivity index (χ1v) is 6.91. The van der Waals surface area contributed by atoms with Gasteiger partial charge in [-0.05, 0) is 25.0 Å². The molecule has 0 unspecified atom stereocenters. The minimum atomic E-state index is 0. The fourth-order valence-corrected chi connectivity index (χ4v) is 2.84. The number of rotatable bonds is 2. The number of hydrogen-bond donors (Lipinski definition) is 1. The normalized spacial score (nSPS) is 18.1. The van der Waals surface area contributed by atoms with Crippen molar-refractivity contribution >= 4 is 39.8 Å². The summed E-state index contributed by atoms with van der Waals surface area (Å²) in [4.78, 5) is 7.00. The largest absolute Gasteiger partial charge is 0.476 e. The highest BCUT2D eigenvalue weighted by Crippen LogP contribution is 2.28. The van der Waals surface area contributed by atoms with Crippen molar-refractivity contribution in [3.63, 3.8) is 0 Å². The molecular weight excluding hydrogens is 386 g/mol. The maximum Gasteiger partial charge on any atom is 0.219 e. The lowest BCUT2D eigenvalue weighted by Crippen LogP contribution is -2.29. The Morgan fingerprint density at radius 1 is 1.25 bits per heavy atom. The minimum absolute atomic E-state index is 0. The van der Waals surface area contributed by atoms with Crippen LogP contribution >= 0.6 is 34.0 Å². The molecule has 2 aliphatic rings. The Kier molecular flexibility index (Phi) is 7.26. The lowest BCUT2D eigenvalue weighted by atomic mass is 10.2. The molecule has 1 fully saturated rings. The smallest absolute Gasteiger partial charge is 0.219 e. The maximum absolute atomic E-state index is 5.70. The number of ether oxygens (including phenoxy) is 1. The summed E-state index contributed by atoms with van der Waals surface area (Å²) < 4.78 is 5.70. The molecule has 0 aromatic carbocycles. The van der Waals surface area contributed by atoms with Crippen molar-refractivity contribution in [1.29, 1.82) is 0 Å². The second kappa shape index (κ2) is 8.20. The van der Waals surface area contributed by atoms with Crippen LogP contribution in [0.2, 0.25) is 0 Å². The van der Waals surface area contributed by atoms with Crippen molar-refractivity contribution in [3.05, 3.63) is 17.7 Å². The second-order valence-electron chi connectivity index (χ2n) is 5.21. The van der Waals surface area contributed by atoms with Crippen molar-refractivity contribution in [3.8, 4) is 5.88 Å². The van der Waals surface area contributed by atoms with Crippen molar-refractivity contribution in [2.45, 2.75) is 38.3 Å². The van der Waals surface area contributed by atoms with E-state index in [0.717, 1.165) is 30.4 Å². The van der Waals surface area contributed by atoms with E-state index in [-0.39, 0.29) is 34.0 Å². The maximum atomic E-state index is 5.70. The van der Waals surface area contributed by atoms with E-state index in [4.69, 9.17) is 4.74 Å². The first-order chi connectivity index (χ1) is 8.84.